The van der Waals surface area contributed by atoms with Crippen LogP contribution in [0.5, 0.6) is 5.75 Å². The maximum atomic E-state index is 5.27. The molecule has 0 aliphatic rings. The van der Waals surface area contributed by atoms with Crippen LogP contribution in [0.1, 0.15) is 11.4 Å². The van der Waals surface area contributed by atoms with Crippen LogP contribution in [0, 0.1) is 6.92 Å². The summed E-state index contributed by atoms with van der Waals surface area (Å²) in [4.78, 5) is 4.36. The van der Waals surface area contributed by atoms with Crippen molar-refractivity contribution in [3.63, 3.8) is 0 Å². The molecule has 1 aromatic heterocycles. The van der Waals surface area contributed by atoms with Gasteiger partial charge in [-0.2, -0.15) is 4.37 Å². The van der Waals surface area contributed by atoms with Gasteiger partial charge in [-0.15, -0.1) is 0 Å². The standard InChI is InChI=1S/C11H11BrN2OS/c1-7-13-11(16-14-7)8-3-4-10(15-2)9(5-8)6-12/h3-5H,6H2,1-2H3. The summed E-state index contributed by atoms with van der Waals surface area (Å²) in [6, 6.07) is 6.04. The van der Waals surface area contributed by atoms with E-state index in [2.05, 4.69) is 31.4 Å². The molecule has 0 unspecified atom stereocenters. The topological polar surface area (TPSA) is 35.0 Å². The lowest BCUT2D eigenvalue weighted by Crippen LogP contribution is -1.90. The number of alkyl halides is 1. The summed E-state index contributed by atoms with van der Waals surface area (Å²) in [5.41, 5.74) is 2.20. The predicted octanol–water partition coefficient (Wildman–Crippen LogP) is 3.42. The largest absolute Gasteiger partial charge is 0.496 e. The number of aryl methyl sites for hydroxylation is 1. The van der Waals surface area contributed by atoms with Crippen molar-refractivity contribution in [3.8, 4) is 16.3 Å². The molecule has 0 aliphatic heterocycles. The van der Waals surface area contributed by atoms with E-state index in [4.69, 9.17) is 4.74 Å². The number of benzene rings is 1. The number of aromatic nitrogens is 2. The van der Waals surface area contributed by atoms with Gasteiger partial charge < -0.3 is 4.74 Å². The van der Waals surface area contributed by atoms with Crippen LogP contribution in [0.15, 0.2) is 18.2 Å². The highest BCUT2D eigenvalue weighted by atomic mass is 79.9. The Balaban J connectivity index is 2.43. The Hall–Kier alpha value is -0.940. The van der Waals surface area contributed by atoms with Crippen LogP contribution >= 0.6 is 27.5 Å². The third-order valence-electron chi connectivity index (χ3n) is 2.20. The summed E-state index contributed by atoms with van der Waals surface area (Å²) < 4.78 is 9.45. The first-order chi connectivity index (χ1) is 7.74. The molecule has 2 rings (SSSR count). The van der Waals surface area contributed by atoms with Crippen molar-refractivity contribution in [1.82, 2.24) is 9.36 Å². The van der Waals surface area contributed by atoms with Crippen molar-refractivity contribution >= 4 is 27.5 Å². The first-order valence-electron chi connectivity index (χ1n) is 4.78. The second-order valence-corrected chi connectivity index (χ2v) is 4.62. The van der Waals surface area contributed by atoms with E-state index in [0.29, 0.717) is 0 Å². The molecule has 0 spiro atoms. The Morgan fingerprint density at radius 3 is 2.81 bits per heavy atom. The third-order valence-corrected chi connectivity index (χ3v) is 3.66. The molecule has 0 saturated carbocycles. The summed E-state index contributed by atoms with van der Waals surface area (Å²) in [7, 11) is 1.68. The van der Waals surface area contributed by atoms with Crippen molar-refractivity contribution in [2.75, 3.05) is 7.11 Å². The van der Waals surface area contributed by atoms with Crippen molar-refractivity contribution < 1.29 is 4.74 Å². The quantitative estimate of drug-likeness (QED) is 0.815. The Labute approximate surface area is 107 Å². The Morgan fingerprint density at radius 2 is 2.25 bits per heavy atom. The number of hydrogen-bond donors (Lipinski definition) is 0. The number of ether oxygens (including phenoxy) is 1. The maximum Gasteiger partial charge on any atom is 0.144 e. The summed E-state index contributed by atoms with van der Waals surface area (Å²) in [6.07, 6.45) is 0. The summed E-state index contributed by atoms with van der Waals surface area (Å²) in [5.74, 6) is 1.71. The molecule has 0 fully saturated rings. The number of rotatable bonds is 3. The van der Waals surface area contributed by atoms with Crippen LogP contribution in [0.2, 0.25) is 0 Å². The molecule has 0 N–H and O–H groups in total. The monoisotopic (exact) mass is 298 g/mol. The van der Waals surface area contributed by atoms with E-state index in [-0.39, 0.29) is 0 Å². The molecule has 84 valence electrons. The molecule has 3 nitrogen and oxygen atoms in total. The van der Waals surface area contributed by atoms with Gasteiger partial charge in [0.05, 0.1) is 7.11 Å². The van der Waals surface area contributed by atoms with Crippen LogP contribution in [0.25, 0.3) is 10.6 Å². The van der Waals surface area contributed by atoms with E-state index in [1.807, 2.05) is 19.1 Å². The smallest absolute Gasteiger partial charge is 0.144 e. The molecule has 0 amide bonds. The lowest BCUT2D eigenvalue weighted by atomic mass is 10.1. The van der Waals surface area contributed by atoms with E-state index in [9.17, 15) is 0 Å². The Morgan fingerprint density at radius 1 is 1.44 bits per heavy atom. The lowest BCUT2D eigenvalue weighted by Gasteiger charge is -2.06. The molecule has 5 heteroatoms. The maximum absolute atomic E-state index is 5.27. The van der Waals surface area contributed by atoms with E-state index < -0.39 is 0 Å². The van der Waals surface area contributed by atoms with Gasteiger partial charge in [-0.3, -0.25) is 0 Å². The first-order valence-corrected chi connectivity index (χ1v) is 6.67. The number of hydrogen-bond acceptors (Lipinski definition) is 4. The highest BCUT2D eigenvalue weighted by molar-refractivity contribution is 9.08. The van der Waals surface area contributed by atoms with Gasteiger partial charge in [0, 0.05) is 16.5 Å². The van der Waals surface area contributed by atoms with Crippen molar-refractivity contribution in [2.45, 2.75) is 12.3 Å². The van der Waals surface area contributed by atoms with E-state index in [1.165, 1.54) is 11.5 Å². The van der Waals surface area contributed by atoms with E-state index >= 15 is 0 Å². The molecule has 1 heterocycles. The minimum atomic E-state index is 0.766. The molecule has 0 bridgehead atoms. The summed E-state index contributed by atoms with van der Waals surface area (Å²) in [6.45, 7) is 1.90. The van der Waals surface area contributed by atoms with E-state index in [1.54, 1.807) is 7.11 Å². The molecular formula is C11H11BrN2OS. The van der Waals surface area contributed by atoms with Crippen LogP contribution in [0.3, 0.4) is 0 Å². The van der Waals surface area contributed by atoms with Gasteiger partial charge in [-0.05, 0) is 36.7 Å². The second kappa shape index (κ2) is 4.93. The molecule has 0 aliphatic carbocycles. The average Bonchev–Trinajstić information content (AvgIpc) is 2.75. The van der Waals surface area contributed by atoms with Crippen molar-refractivity contribution in [2.24, 2.45) is 0 Å². The fourth-order valence-electron chi connectivity index (χ4n) is 1.43. The normalized spacial score (nSPS) is 10.4. The van der Waals surface area contributed by atoms with Crippen molar-refractivity contribution in [3.05, 3.63) is 29.6 Å². The van der Waals surface area contributed by atoms with Gasteiger partial charge in [-0.1, -0.05) is 15.9 Å². The second-order valence-electron chi connectivity index (χ2n) is 3.31. The Bertz CT molecular complexity index is 498. The Kier molecular flexibility index (Phi) is 3.56. The molecular weight excluding hydrogens is 288 g/mol. The van der Waals surface area contributed by atoms with Gasteiger partial charge in [0.2, 0.25) is 0 Å². The van der Waals surface area contributed by atoms with Crippen LogP contribution < -0.4 is 4.74 Å². The molecule has 0 saturated heterocycles. The van der Waals surface area contributed by atoms with Gasteiger partial charge in [-0.25, -0.2) is 4.98 Å². The van der Waals surface area contributed by atoms with Crippen LogP contribution in [-0.2, 0) is 5.33 Å². The SMILES string of the molecule is COc1ccc(-c2nc(C)ns2)cc1CBr. The fourth-order valence-corrected chi connectivity index (χ4v) is 2.53. The molecule has 0 radical (unpaired) electrons. The van der Waals surface area contributed by atoms with Gasteiger partial charge >= 0.3 is 0 Å². The fraction of sp³-hybridized carbons (Fsp3) is 0.273. The average molecular weight is 299 g/mol. The first kappa shape index (κ1) is 11.5. The number of nitrogens with zero attached hydrogens (tertiary/aromatic N) is 2. The predicted molar refractivity (Wildman–Crippen MR) is 69.3 cm³/mol. The summed E-state index contributed by atoms with van der Waals surface area (Å²) >= 11 is 4.87. The zero-order chi connectivity index (χ0) is 11.5. The molecule has 2 aromatic rings. The van der Waals surface area contributed by atoms with E-state index in [0.717, 1.165) is 33.0 Å². The highest BCUT2D eigenvalue weighted by Crippen LogP contribution is 2.28. The van der Waals surface area contributed by atoms with Gasteiger partial charge in [0.1, 0.15) is 16.6 Å². The third kappa shape index (κ3) is 2.25. The molecule has 16 heavy (non-hydrogen) atoms. The minimum Gasteiger partial charge on any atom is -0.496 e. The minimum absolute atomic E-state index is 0.766. The number of halogens is 1. The van der Waals surface area contributed by atoms with Crippen molar-refractivity contribution in [1.29, 1.82) is 0 Å². The molecule has 0 atom stereocenters. The zero-order valence-electron chi connectivity index (χ0n) is 9.03. The zero-order valence-corrected chi connectivity index (χ0v) is 11.4. The van der Waals surface area contributed by atoms with Gasteiger partial charge in [0.15, 0.2) is 0 Å². The van der Waals surface area contributed by atoms with Crippen LogP contribution in [-0.4, -0.2) is 16.5 Å². The van der Waals surface area contributed by atoms with Crippen LogP contribution in [0.4, 0.5) is 0 Å². The molecule has 1 aromatic carbocycles. The number of methoxy groups -OCH3 is 1. The summed E-state index contributed by atoms with van der Waals surface area (Å²) in [5, 5.41) is 1.71. The van der Waals surface area contributed by atoms with Gasteiger partial charge in [0.25, 0.3) is 0 Å². The lowest BCUT2D eigenvalue weighted by molar-refractivity contribution is 0.411. The highest BCUT2D eigenvalue weighted by Gasteiger charge is 2.08.